The molecule has 2 aliphatic rings. The van der Waals surface area contributed by atoms with Gasteiger partial charge >= 0.3 is 5.97 Å². The highest BCUT2D eigenvalue weighted by Gasteiger charge is 2.44. The van der Waals surface area contributed by atoms with Crippen LogP contribution < -0.4 is 5.32 Å². The smallest absolute Gasteiger partial charge is 0.323 e. The van der Waals surface area contributed by atoms with Gasteiger partial charge in [0, 0.05) is 6.42 Å². The molecule has 0 amide bonds. The van der Waals surface area contributed by atoms with Crippen LogP contribution in [0.5, 0.6) is 0 Å². The van der Waals surface area contributed by atoms with Gasteiger partial charge in [0.25, 0.3) is 0 Å². The van der Waals surface area contributed by atoms with Crippen LogP contribution in [0.15, 0.2) is 0 Å². The van der Waals surface area contributed by atoms with E-state index in [1.54, 1.807) is 0 Å². The molecule has 2 N–H and O–H groups in total. The molecule has 2 fully saturated rings. The zero-order valence-corrected chi connectivity index (χ0v) is 16.4. The number of rotatable bonds is 8. The minimum atomic E-state index is -1.21. The topological polar surface area (TPSA) is 92.8 Å². The van der Waals surface area contributed by atoms with E-state index in [-0.39, 0.29) is 17.9 Å². The lowest BCUT2D eigenvalue weighted by molar-refractivity contribution is -0.149. The van der Waals surface area contributed by atoms with Gasteiger partial charge in [0.1, 0.15) is 11.7 Å². The van der Waals surface area contributed by atoms with Gasteiger partial charge in [-0.25, -0.2) is 4.39 Å². The van der Waals surface area contributed by atoms with E-state index in [9.17, 15) is 4.79 Å². The Morgan fingerprint density at radius 3 is 2.89 bits per heavy atom. The quantitative estimate of drug-likeness (QED) is 0.673. The molecule has 1 aliphatic heterocycles. The third-order valence-corrected chi connectivity index (χ3v) is 6.51. The van der Waals surface area contributed by atoms with Crippen molar-refractivity contribution in [1.82, 2.24) is 25.9 Å². The second kappa shape index (κ2) is 9.08. The molecule has 8 heteroatoms. The van der Waals surface area contributed by atoms with Gasteiger partial charge in [-0.3, -0.25) is 4.79 Å². The number of carbonyl (C=O) groups is 1. The molecule has 3 rings (SSSR count). The minimum Gasteiger partial charge on any atom is -0.464 e. The van der Waals surface area contributed by atoms with Crippen molar-refractivity contribution >= 4 is 5.97 Å². The summed E-state index contributed by atoms with van der Waals surface area (Å²) in [5, 5.41) is 17.1. The molecule has 1 saturated heterocycles. The number of esters is 1. The third-order valence-electron chi connectivity index (χ3n) is 6.51. The predicted octanol–water partition coefficient (Wildman–Crippen LogP) is 2.60. The number of alkyl halides is 1. The number of aromatic amines is 1. The summed E-state index contributed by atoms with van der Waals surface area (Å²) in [6, 6.07) is -0.305. The number of hydrogen-bond acceptors (Lipinski definition) is 6. The number of fused-ring (bicyclic) bond motifs is 1. The Morgan fingerprint density at radius 1 is 1.37 bits per heavy atom. The normalized spacial score (nSPS) is 30.9. The van der Waals surface area contributed by atoms with Crippen LogP contribution in [0.25, 0.3) is 0 Å². The fourth-order valence-corrected chi connectivity index (χ4v) is 4.50. The highest BCUT2D eigenvalue weighted by atomic mass is 19.1. The molecular formula is C19H32FN5O2. The van der Waals surface area contributed by atoms with Crippen LogP contribution in [-0.2, 0) is 16.0 Å². The summed E-state index contributed by atoms with van der Waals surface area (Å²) in [6.45, 7) is 5.48. The molecule has 7 nitrogen and oxygen atoms in total. The van der Waals surface area contributed by atoms with Crippen molar-refractivity contribution in [2.75, 3.05) is 13.2 Å². The first-order valence-electron chi connectivity index (χ1n) is 10.3. The number of aromatic nitrogens is 4. The summed E-state index contributed by atoms with van der Waals surface area (Å²) in [5.74, 6) is 1.47. The summed E-state index contributed by atoms with van der Waals surface area (Å²) in [5.41, 5.74) is -1.21. The number of piperidine rings is 1. The zero-order chi connectivity index (χ0) is 19.3. The fourth-order valence-electron chi connectivity index (χ4n) is 4.50. The summed E-state index contributed by atoms with van der Waals surface area (Å²) < 4.78 is 20.9. The van der Waals surface area contributed by atoms with Gasteiger partial charge < -0.3 is 10.1 Å². The largest absolute Gasteiger partial charge is 0.464 e. The third kappa shape index (κ3) is 5.24. The van der Waals surface area contributed by atoms with E-state index in [4.69, 9.17) is 4.74 Å². The summed E-state index contributed by atoms with van der Waals surface area (Å²) in [4.78, 5) is 12.4. The van der Waals surface area contributed by atoms with E-state index in [0.29, 0.717) is 56.4 Å². The van der Waals surface area contributed by atoms with Crippen molar-refractivity contribution < 1.29 is 13.9 Å². The van der Waals surface area contributed by atoms with Crippen molar-refractivity contribution in [3.05, 3.63) is 5.82 Å². The van der Waals surface area contributed by atoms with Gasteiger partial charge in [0.05, 0.1) is 6.61 Å². The maximum atomic E-state index is 15.4. The van der Waals surface area contributed by atoms with Gasteiger partial charge in [-0.2, -0.15) is 5.21 Å². The SMILES string of the molecule is CCC(CC)COC(=O)[C@@H]1C[C@H]2C[C@](F)(CCc3nn[nH]n3)CC[C@H]2CN1. The van der Waals surface area contributed by atoms with Crippen LogP contribution in [0.2, 0.25) is 0 Å². The van der Waals surface area contributed by atoms with E-state index in [2.05, 4.69) is 39.8 Å². The van der Waals surface area contributed by atoms with Crippen LogP contribution >= 0.6 is 0 Å². The van der Waals surface area contributed by atoms with Crippen LogP contribution in [0.1, 0.15) is 64.6 Å². The Morgan fingerprint density at radius 2 is 2.19 bits per heavy atom. The van der Waals surface area contributed by atoms with Gasteiger partial charge in [-0.15, -0.1) is 10.2 Å². The molecule has 1 aliphatic carbocycles. The van der Waals surface area contributed by atoms with E-state index in [1.165, 1.54) is 0 Å². The lowest BCUT2D eigenvalue weighted by Crippen LogP contribution is -2.52. The molecule has 0 unspecified atom stereocenters. The van der Waals surface area contributed by atoms with Crippen LogP contribution in [-0.4, -0.2) is 51.5 Å². The van der Waals surface area contributed by atoms with Crippen molar-refractivity contribution in [1.29, 1.82) is 0 Å². The molecule has 4 atom stereocenters. The number of aryl methyl sites for hydroxylation is 1. The number of carbonyl (C=O) groups excluding carboxylic acids is 1. The first kappa shape index (κ1) is 20.2. The monoisotopic (exact) mass is 381 g/mol. The summed E-state index contributed by atoms with van der Waals surface area (Å²) in [7, 11) is 0. The van der Waals surface area contributed by atoms with Crippen molar-refractivity contribution in [3.8, 4) is 0 Å². The molecule has 2 heterocycles. The molecule has 1 saturated carbocycles. The Kier molecular flexibility index (Phi) is 6.78. The highest BCUT2D eigenvalue weighted by Crippen LogP contribution is 2.44. The molecule has 0 spiro atoms. The Bertz CT molecular complexity index is 595. The average molecular weight is 381 g/mol. The number of ether oxygens (including phenoxy) is 1. The predicted molar refractivity (Wildman–Crippen MR) is 98.6 cm³/mol. The highest BCUT2D eigenvalue weighted by molar-refractivity contribution is 5.76. The second-order valence-corrected chi connectivity index (χ2v) is 8.25. The zero-order valence-electron chi connectivity index (χ0n) is 16.4. The van der Waals surface area contributed by atoms with E-state index in [1.807, 2.05) is 0 Å². The van der Waals surface area contributed by atoms with Crippen molar-refractivity contribution in [2.24, 2.45) is 17.8 Å². The average Bonchev–Trinajstić information content (AvgIpc) is 3.20. The van der Waals surface area contributed by atoms with Gasteiger partial charge in [0.2, 0.25) is 0 Å². The number of H-pyrrole nitrogens is 1. The Labute approximate surface area is 160 Å². The fraction of sp³-hybridized carbons (Fsp3) is 0.895. The number of halogens is 1. The lowest BCUT2D eigenvalue weighted by Gasteiger charge is -2.44. The molecule has 152 valence electrons. The first-order chi connectivity index (χ1) is 13.0. The molecule has 1 aromatic heterocycles. The molecule has 0 aromatic carbocycles. The Hall–Kier alpha value is -1.57. The molecule has 1 aromatic rings. The van der Waals surface area contributed by atoms with Gasteiger partial charge in [-0.1, -0.05) is 31.9 Å². The van der Waals surface area contributed by atoms with E-state index < -0.39 is 5.67 Å². The number of hydrogen-bond donors (Lipinski definition) is 2. The van der Waals surface area contributed by atoms with Crippen LogP contribution in [0.4, 0.5) is 4.39 Å². The van der Waals surface area contributed by atoms with Crippen molar-refractivity contribution in [3.63, 3.8) is 0 Å². The second-order valence-electron chi connectivity index (χ2n) is 8.25. The summed E-state index contributed by atoms with van der Waals surface area (Å²) in [6.07, 6.45) is 5.52. The minimum absolute atomic E-state index is 0.179. The van der Waals surface area contributed by atoms with Gasteiger partial charge in [0.15, 0.2) is 5.82 Å². The maximum Gasteiger partial charge on any atom is 0.323 e. The van der Waals surface area contributed by atoms with Crippen molar-refractivity contribution in [2.45, 2.75) is 76.9 Å². The Balaban J connectivity index is 1.51. The lowest BCUT2D eigenvalue weighted by atomic mass is 9.67. The van der Waals surface area contributed by atoms with Crippen LogP contribution in [0.3, 0.4) is 0 Å². The number of nitrogens with one attached hydrogen (secondary N) is 2. The van der Waals surface area contributed by atoms with E-state index in [0.717, 1.165) is 25.8 Å². The van der Waals surface area contributed by atoms with E-state index >= 15 is 4.39 Å². The molecule has 0 bridgehead atoms. The maximum absolute atomic E-state index is 15.4. The first-order valence-corrected chi connectivity index (χ1v) is 10.3. The van der Waals surface area contributed by atoms with Gasteiger partial charge in [-0.05, 0) is 56.4 Å². The molecule has 0 radical (unpaired) electrons. The standard InChI is InChI=1S/C19H32FN5O2/c1-3-13(4-2)12-27-18(26)16-9-15-10-19(20,7-5-14(15)11-21-16)8-6-17-22-24-25-23-17/h13-16,21H,3-12H2,1-2H3,(H,22,23,24,25)/t14-,15-,16-,19+/m0/s1. The summed E-state index contributed by atoms with van der Waals surface area (Å²) >= 11 is 0. The molecule has 27 heavy (non-hydrogen) atoms. The number of tetrazole rings is 1. The molecular weight excluding hydrogens is 349 g/mol. The van der Waals surface area contributed by atoms with Crippen LogP contribution in [0, 0.1) is 17.8 Å². The number of nitrogens with zero attached hydrogens (tertiary/aromatic N) is 3.